The highest BCUT2D eigenvalue weighted by Crippen LogP contribution is 2.19. The zero-order valence-corrected chi connectivity index (χ0v) is 10.7. The van der Waals surface area contributed by atoms with Gasteiger partial charge in [-0.1, -0.05) is 18.2 Å². The number of carbonyl (C=O) groups excluding carboxylic acids is 3. The van der Waals surface area contributed by atoms with Crippen LogP contribution in [0.2, 0.25) is 0 Å². The fourth-order valence-electron chi connectivity index (χ4n) is 2.11. The lowest BCUT2D eigenvalue weighted by atomic mass is 9.98. The van der Waals surface area contributed by atoms with Gasteiger partial charge in [0.2, 0.25) is 5.91 Å². The van der Waals surface area contributed by atoms with E-state index in [1.807, 2.05) is 6.07 Å². The molecule has 0 N–H and O–H groups in total. The average Bonchev–Trinajstić information content (AvgIpc) is 2.42. The van der Waals surface area contributed by atoms with E-state index in [1.165, 1.54) is 12.0 Å². The summed E-state index contributed by atoms with van der Waals surface area (Å²) in [5.41, 5.74) is 1.34. The van der Waals surface area contributed by atoms with Crippen molar-refractivity contribution < 1.29 is 19.1 Å². The van der Waals surface area contributed by atoms with Crippen molar-refractivity contribution in [3.8, 4) is 0 Å². The van der Waals surface area contributed by atoms with Gasteiger partial charge in [0, 0.05) is 18.5 Å². The highest BCUT2D eigenvalue weighted by molar-refractivity contribution is 6.09. The van der Waals surface area contributed by atoms with Gasteiger partial charge in [-0.05, 0) is 18.1 Å². The number of carbonyl (C=O) groups is 3. The van der Waals surface area contributed by atoms with Gasteiger partial charge in [-0.3, -0.25) is 19.3 Å². The van der Waals surface area contributed by atoms with Gasteiger partial charge >= 0.3 is 5.97 Å². The van der Waals surface area contributed by atoms with E-state index < -0.39 is 0 Å². The Kier molecular flexibility index (Phi) is 3.94. The second kappa shape index (κ2) is 5.65. The van der Waals surface area contributed by atoms with Crippen molar-refractivity contribution in [2.45, 2.75) is 19.3 Å². The Bertz CT molecular complexity index is 524. The van der Waals surface area contributed by atoms with Crippen molar-refractivity contribution in [1.29, 1.82) is 0 Å². The number of esters is 1. The number of amides is 2. The van der Waals surface area contributed by atoms with Crippen molar-refractivity contribution in [2.24, 2.45) is 0 Å². The summed E-state index contributed by atoms with van der Waals surface area (Å²) in [6.45, 7) is 0.251. The van der Waals surface area contributed by atoms with Crippen LogP contribution in [-0.4, -0.2) is 36.3 Å². The summed E-state index contributed by atoms with van der Waals surface area (Å²) in [5.74, 6) is -0.831. The molecule has 0 unspecified atom stereocenters. The van der Waals surface area contributed by atoms with Gasteiger partial charge in [-0.15, -0.1) is 0 Å². The zero-order valence-electron chi connectivity index (χ0n) is 10.7. The van der Waals surface area contributed by atoms with E-state index in [-0.39, 0.29) is 37.2 Å². The monoisotopic (exact) mass is 261 g/mol. The number of benzene rings is 1. The van der Waals surface area contributed by atoms with Crippen LogP contribution in [0.4, 0.5) is 0 Å². The predicted molar refractivity (Wildman–Crippen MR) is 67.4 cm³/mol. The molecule has 1 aromatic carbocycles. The molecule has 2 rings (SSSR count). The lowest BCUT2D eigenvalue weighted by Crippen LogP contribution is -2.42. The van der Waals surface area contributed by atoms with Crippen LogP contribution < -0.4 is 0 Å². The van der Waals surface area contributed by atoms with Gasteiger partial charge in [0.15, 0.2) is 0 Å². The summed E-state index contributed by atoms with van der Waals surface area (Å²) in [6, 6.07) is 7.10. The van der Waals surface area contributed by atoms with Crippen LogP contribution in [0.25, 0.3) is 0 Å². The number of hydrogen-bond donors (Lipinski definition) is 0. The van der Waals surface area contributed by atoms with Crippen molar-refractivity contribution in [3.63, 3.8) is 0 Å². The molecule has 0 spiro atoms. The van der Waals surface area contributed by atoms with Crippen LogP contribution in [-0.2, 0) is 20.7 Å². The van der Waals surface area contributed by atoms with Crippen LogP contribution in [0, 0.1) is 0 Å². The second-order valence-corrected chi connectivity index (χ2v) is 4.36. The topological polar surface area (TPSA) is 63.7 Å². The zero-order chi connectivity index (χ0) is 13.8. The van der Waals surface area contributed by atoms with Crippen molar-refractivity contribution in [1.82, 2.24) is 4.90 Å². The third-order valence-electron chi connectivity index (χ3n) is 3.13. The molecule has 1 aliphatic rings. The molecular weight excluding hydrogens is 246 g/mol. The lowest BCUT2D eigenvalue weighted by Gasteiger charge is -2.26. The summed E-state index contributed by atoms with van der Waals surface area (Å²) >= 11 is 0. The first kappa shape index (κ1) is 13.3. The molecule has 0 bridgehead atoms. The number of imide groups is 1. The molecule has 100 valence electrons. The standard InChI is InChI=1S/C14H15NO4/c1-19-13(17)7-4-8-15-12(16)9-10-5-2-3-6-11(10)14(15)18/h2-3,5-6H,4,7-9H2,1H3. The van der Waals surface area contributed by atoms with Crippen molar-refractivity contribution in [3.05, 3.63) is 35.4 Å². The Morgan fingerprint density at radius 3 is 2.79 bits per heavy atom. The van der Waals surface area contributed by atoms with Gasteiger partial charge in [-0.2, -0.15) is 0 Å². The maximum atomic E-state index is 12.2. The maximum Gasteiger partial charge on any atom is 0.305 e. The first-order valence-corrected chi connectivity index (χ1v) is 6.13. The molecule has 1 aromatic rings. The molecule has 0 saturated carbocycles. The van der Waals surface area contributed by atoms with Gasteiger partial charge < -0.3 is 4.74 Å². The molecule has 0 aliphatic carbocycles. The normalized spacial score (nSPS) is 14.3. The molecule has 0 saturated heterocycles. The summed E-state index contributed by atoms with van der Waals surface area (Å²) in [6.07, 6.45) is 0.863. The Balaban J connectivity index is 2.05. The Hall–Kier alpha value is -2.17. The minimum Gasteiger partial charge on any atom is -0.469 e. The molecule has 0 aromatic heterocycles. The van der Waals surface area contributed by atoms with Crippen molar-refractivity contribution >= 4 is 17.8 Å². The van der Waals surface area contributed by atoms with E-state index in [2.05, 4.69) is 4.74 Å². The van der Waals surface area contributed by atoms with Crippen LogP contribution in [0.3, 0.4) is 0 Å². The van der Waals surface area contributed by atoms with E-state index in [9.17, 15) is 14.4 Å². The van der Waals surface area contributed by atoms with Crippen LogP contribution in [0.1, 0.15) is 28.8 Å². The minimum absolute atomic E-state index is 0.204. The van der Waals surface area contributed by atoms with Crippen molar-refractivity contribution in [2.75, 3.05) is 13.7 Å². The molecule has 19 heavy (non-hydrogen) atoms. The smallest absolute Gasteiger partial charge is 0.305 e. The van der Waals surface area contributed by atoms with E-state index in [0.717, 1.165) is 5.56 Å². The number of fused-ring (bicyclic) bond motifs is 1. The lowest BCUT2D eigenvalue weighted by molar-refractivity contribution is -0.141. The highest BCUT2D eigenvalue weighted by Gasteiger charge is 2.30. The van der Waals surface area contributed by atoms with Crippen LogP contribution in [0.5, 0.6) is 0 Å². The first-order valence-electron chi connectivity index (χ1n) is 6.13. The molecule has 1 heterocycles. The quantitative estimate of drug-likeness (QED) is 0.602. The van der Waals surface area contributed by atoms with E-state index in [1.54, 1.807) is 18.2 Å². The summed E-state index contributed by atoms with van der Waals surface area (Å²) in [7, 11) is 1.32. The molecule has 5 heteroatoms. The Morgan fingerprint density at radius 2 is 2.05 bits per heavy atom. The van der Waals surface area contributed by atoms with E-state index in [0.29, 0.717) is 12.0 Å². The van der Waals surface area contributed by atoms with E-state index >= 15 is 0 Å². The van der Waals surface area contributed by atoms with Gasteiger partial charge in [0.25, 0.3) is 5.91 Å². The third kappa shape index (κ3) is 2.81. The second-order valence-electron chi connectivity index (χ2n) is 4.36. The predicted octanol–water partition coefficient (Wildman–Crippen LogP) is 1.16. The van der Waals surface area contributed by atoms with Crippen LogP contribution in [0.15, 0.2) is 24.3 Å². The third-order valence-corrected chi connectivity index (χ3v) is 3.13. The minimum atomic E-state index is -0.336. The van der Waals surface area contributed by atoms with Crippen LogP contribution >= 0.6 is 0 Å². The number of nitrogens with zero attached hydrogens (tertiary/aromatic N) is 1. The summed E-state index contributed by atoms with van der Waals surface area (Å²) < 4.78 is 4.52. The number of methoxy groups -OCH3 is 1. The fourth-order valence-corrected chi connectivity index (χ4v) is 2.11. The van der Waals surface area contributed by atoms with E-state index in [4.69, 9.17) is 0 Å². The fraction of sp³-hybridized carbons (Fsp3) is 0.357. The Morgan fingerprint density at radius 1 is 1.32 bits per heavy atom. The Labute approximate surface area is 111 Å². The van der Waals surface area contributed by atoms with Gasteiger partial charge in [-0.25, -0.2) is 0 Å². The van der Waals surface area contributed by atoms with Gasteiger partial charge in [0.1, 0.15) is 0 Å². The molecule has 1 aliphatic heterocycles. The molecule has 0 atom stereocenters. The molecule has 5 nitrogen and oxygen atoms in total. The largest absolute Gasteiger partial charge is 0.469 e. The number of ether oxygens (including phenoxy) is 1. The molecule has 2 amide bonds. The molecular formula is C14H15NO4. The van der Waals surface area contributed by atoms with Gasteiger partial charge in [0.05, 0.1) is 13.5 Å². The number of hydrogen-bond acceptors (Lipinski definition) is 4. The SMILES string of the molecule is COC(=O)CCCN1C(=O)Cc2ccccc2C1=O. The molecule has 0 radical (unpaired) electrons. The average molecular weight is 261 g/mol. The number of rotatable bonds is 4. The summed E-state index contributed by atoms with van der Waals surface area (Å²) in [5, 5.41) is 0. The summed E-state index contributed by atoms with van der Waals surface area (Å²) in [4.78, 5) is 36.3. The highest BCUT2D eigenvalue weighted by atomic mass is 16.5. The maximum absolute atomic E-state index is 12.2. The first-order chi connectivity index (χ1) is 9.13. The molecule has 0 fully saturated rings.